The Bertz CT molecular complexity index is 863. The van der Waals surface area contributed by atoms with Crippen molar-refractivity contribution in [1.82, 2.24) is 25.6 Å². The van der Waals surface area contributed by atoms with Crippen molar-refractivity contribution < 1.29 is 14.0 Å². The Kier molecular flexibility index (Phi) is 4.56. The van der Waals surface area contributed by atoms with E-state index in [4.69, 9.17) is 0 Å². The predicted molar refractivity (Wildman–Crippen MR) is 99.1 cm³/mol. The summed E-state index contributed by atoms with van der Waals surface area (Å²) in [5.74, 6) is -1.30. The summed E-state index contributed by atoms with van der Waals surface area (Å²) >= 11 is 0. The van der Waals surface area contributed by atoms with E-state index in [0.717, 1.165) is 32.1 Å². The number of hydrogen-bond acceptors (Lipinski definition) is 5. The van der Waals surface area contributed by atoms with Gasteiger partial charge in [0.05, 0.1) is 11.9 Å². The monoisotopic (exact) mass is 383 g/mol. The van der Waals surface area contributed by atoms with Crippen LogP contribution in [-0.4, -0.2) is 37.8 Å². The largest absolute Gasteiger partial charge is 0.345 e. The number of amides is 2. The third kappa shape index (κ3) is 3.58. The van der Waals surface area contributed by atoms with Crippen LogP contribution in [0.4, 0.5) is 4.39 Å². The molecule has 28 heavy (non-hydrogen) atoms. The van der Waals surface area contributed by atoms with E-state index in [9.17, 15) is 14.0 Å². The highest BCUT2D eigenvalue weighted by Gasteiger charge is 2.52. The predicted octanol–water partition coefficient (Wildman–Crippen LogP) is 2.32. The van der Waals surface area contributed by atoms with Gasteiger partial charge in [-0.05, 0) is 57.6 Å². The van der Waals surface area contributed by atoms with Crippen LogP contribution >= 0.6 is 0 Å². The molecule has 2 fully saturated rings. The summed E-state index contributed by atoms with van der Waals surface area (Å²) in [6.45, 7) is 1.79. The average Bonchev–Trinajstić information content (AvgIpc) is 2.91. The minimum Gasteiger partial charge on any atom is -0.345 e. The Morgan fingerprint density at radius 3 is 2.29 bits per heavy atom. The Balaban J connectivity index is 1.48. The maximum absolute atomic E-state index is 13.3. The number of nitrogens with zero attached hydrogens (tertiary/aromatic N) is 3. The van der Waals surface area contributed by atoms with Crippen LogP contribution in [0.15, 0.2) is 30.6 Å². The van der Waals surface area contributed by atoms with Gasteiger partial charge in [0.15, 0.2) is 0 Å². The van der Waals surface area contributed by atoms with Crippen molar-refractivity contribution in [3.8, 4) is 0 Å². The standard InChI is InChI=1S/C20H22FN5O2/c1-13-10-22-11-15(23-13)18(28)26-20-7-3-6-19(12-20,8-9-20)25-17(27)14-4-2-5-16(21)24-14/h2,4-5,10-11H,3,6-9,12H2,1H3,(H,25,27)(H,26,28)/t19-,20+/m1/s1. The molecule has 0 spiro atoms. The Hall–Kier alpha value is -2.90. The summed E-state index contributed by atoms with van der Waals surface area (Å²) in [5, 5.41) is 6.21. The molecule has 0 aliphatic heterocycles. The van der Waals surface area contributed by atoms with Crippen molar-refractivity contribution in [3.05, 3.63) is 53.6 Å². The molecule has 0 unspecified atom stereocenters. The molecule has 2 atom stereocenters. The number of fused-ring (bicyclic) bond motifs is 2. The highest BCUT2D eigenvalue weighted by atomic mass is 19.1. The van der Waals surface area contributed by atoms with Gasteiger partial charge in [-0.25, -0.2) is 9.97 Å². The molecule has 2 bridgehead atoms. The maximum atomic E-state index is 13.3. The topological polar surface area (TPSA) is 96.9 Å². The van der Waals surface area contributed by atoms with Crippen molar-refractivity contribution in [3.63, 3.8) is 0 Å². The number of nitrogens with one attached hydrogen (secondary N) is 2. The first-order valence-electron chi connectivity index (χ1n) is 9.45. The highest BCUT2D eigenvalue weighted by molar-refractivity contribution is 5.93. The molecule has 0 aromatic carbocycles. The second kappa shape index (κ2) is 6.92. The van der Waals surface area contributed by atoms with Crippen molar-refractivity contribution in [2.45, 2.75) is 56.5 Å². The zero-order chi connectivity index (χ0) is 19.8. The summed E-state index contributed by atoms with van der Waals surface area (Å²) in [5.41, 5.74) is 0.268. The lowest BCUT2D eigenvalue weighted by molar-refractivity contribution is 0.0826. The number of halogens is 1. The van der Waals surface area contributed by atoms with Crippen LogP contribution in [0.25, 0.3) is 0 Å². The fourth-order valence-electron chi connectivity index (χ4n) is 4.55. The molecule has 2 amide bonds. The van der Waals surface area contributed by atoms with Crippen LogP contribution in [0.5, 0.6) is 0 Å². The highest BCUT2D eigenvalue weighted by Crippen LogP contribution is 2.48. The number of aryl methyl sites for hydroxylation is 1. The molecule has 2 aromatic heterocycles. The third-order valence-corrected chi connectivity index (χ3v) is 5.76. The molecule has 146 valence electrons. The first kappa shape index (κ1) is 18.5. The van der Waals surface area contributed by atoms with Gasteiger partial charge in [0.1, 0.15) is 11.4 Å². The van der Waals surface area contributed by atoms with Gasteiger partial charge < -0.3 is 10.6 Å². The smallest absolute Gasteiger partial charge is 0.271 e. The molecular formula is C20H22FN5O2. The normalized spacial score (nSPS) is 25.9. The number of pyridine rings is 1. The van der Waals surface area contributed by atoms with E-state index in [2.05, 4.69) is 25.6 Å². The van der Waals surface area contributed by atoms with Crippen molar-refractivity contribution in [1.29, 1.82) is 0 Å². The molecule has 2 N–H and O–H groups in total. The van der Waals surface area contributed by atoms with Crippen LogP contribution in [0.2, 0.25) is 0 Å². The lowest BCUT2D eigenvalue weighted by atomic mass is 9.78. The summed E-state index contributed by atoms with van der Waals surface area (Å²) in [6, 6.07) is 4.18. The third-order valence-electron chi connectivity index (χ3n) is 5.76. The quantitative estimate of drug-likeness (QED) is 0.790. The molecule has 0 saturated heterocycles. The molecule has 0 radical (unpaired) electrons. The van der Waals surface area contributed by atoms with Crippen LogP contribution < -0.4 is 10.6 Å². The number of carbonyl (C=O) groups excluding carboxylic acids is 2. The van der Waals surface area contributed by atoms with Gasteiger partial charge in [0.2, 0.25) is 5.95 Å². The fraction of sp³-hybridized carbons (Fsp3) is 0.450. The van der Waals surface area contributed by atoms with Gasteiger partial charge in [-0.2, -0.15) is 4.39 Å². The second-order valence-electron chi connectivity index (χ2n) is 7.89. The molecular weight excluding hydrogens is 361 g/mol. The molecule has 7 nitrogen and oxygen atoms in total. The van der Waals surface area contributed by atoms with E-state index < -0.39 is 11.5 Å². The zero-order valence-corrected chi connectivity index (χ0v) is 15.7. The maximum Gasteiger partial charge on any atom is 0.271 e. The van der Waals surface area contributed by atoms with Crippen LogP contribution in [0.1, 0.15) is 65.2 Å². The zero-order valence-electron chi connectivity index (χ0n) is 15.7. The summed E-state index contributed by atoms with van der Waals surface area (Å²) in [4.78, 5) is 37.2. The van der Waals surface area contributed by atoms with Crippen LogP contribution in [-0.2, 0) is 0 Å². The van der Waals surface area contributed by atoms with Crippen LogP contribution in [0.3, 0.4) is 0 Å². The first-order chi connectivity index (χ1) is 13.4. The van der Waals surface area contributed by atoms with Crippen LogP contribution in [0, 0.1) is 12.9 Å². The van der Waals surface area contributed by atoms with Gasteiger partial charge in [-0.3, -0.25) is 14.6 Å². The minimum absolute atomic E-state index is 0.0662. The van der Waals surface area contributed by atoms with E-state index in [1.807, 2.05) is 0 Å². The van der Waals surface area contributed by atoms with E-state index in [1.54, 1.807) is 13.1 Å². The Labute approximate surface area is 162 Å². The van der Waals surface area contributed by atoms with Crippen molar-refractivity contribution in [2.75, 3.05) is 0 Å². The SMILES string of the molecule is Cc1cncc(C(=O)N[C@@]23CCC[C@@](NC(=O)c4cccc(F)n4)(CC2)C3)n1. The molecule has 2 aliphatic rings. The van der Waals surface area contributed by atoms with Gasteiger partial charge in [-0.15, -0.1) is 0 Å². The molecule has 2 aromatic rings. The molecule has 2 heterocycles. The number of rotatable bonds is 4. The summed E-state index contributed by atoms with van der Waals surface area (Å²) < 4.78 is 13.3. The first-order valence-corrected chi connectivity index (χ1v) is 9.45. The summed E-state index contributed by atoms with van der Waals surface area (Å²) in [7, 11) is 0. The van der Waals surface area contributed by atoms with Gasteiger partial charge in [0.25, 0.3) is 11.8 Å². The number of carbonyl (C=O) groups is 2. The van der Waals surface area contributed by atoms with E-state index >= 15 is 0 Å². The second-order valence-corrected chi connectivity index (χ2v) is 7.89. The Morgan fingerprint density at radius 1 is 0.964 bits per heavy atom. The lowest BCUT2D eigenvalue weighted by Crippen LogP contribution is -2.55. The lowest BCUT2D eigenvalue weighted by Gasteiger charge is -2.40. The molecule has 2 aliphatic carbocycles. The number of aromatic nitrogens is 3. The van der Waals surface area contributed by atoms with Gasteiger partial charge in [-0.1, -0.05) is 6.07 Å². The number of hydrogen-bond donors (Lipinski definition) is 2. The van der Waals surface area contributed by atoms with E-state index in [1.165, 1.54) is 24.4 Å². The van der Waals surface area contributed by atoms with E-state index in [-0.39, 0.29) is 23.0 Å². The van der Waals surface area contributed by atoms with Gasteiger partial charge in [0, 0.05) is 17.3 Å². The summed E-state index contributed by atoms with van der Waals surface area (Å²) in [6.07, 6.45) is 7.81. The molecule has 4 rings (SSSR count). The molecule has 2 saturated carbocycles. The van der Waals surface area contributed by atoms with Crippen molar-refractivity contribution in [2.24, 2.45) is 0 Å². The van der Waals surface area contributed by atoms with Crippen molar-refractivity contribution >= 4 is 11.8 Å². The molecule has 8 heteroatoms. The fourth-order valence-corrected chi connectivity index (χ4v) is 4.55. The Morgan fingerprint density at radius 2 is 1.64 bits per heavy atom. The van der Waals surface area contributed by atoms with Gasteiger partial charge >= 0.3 is 0 Å². The van der Waals surface area contributed by atoms with E-state index in [0.29, 0.717) is 17.8 Å². The average molecular weight is 383 g/mol. The minimum atomic E-state index is -0.680.